The van der Waals surface area contributed by atoms with E-state index in [0.717, 1.165) is 16.5 Å². The number of nitrogens with zero attached hydrogens (tertiary/aromatic N) is 1. The molecule has 1 N–H and O–H groups in total. The van der Waals surface area contributed by atoms with Crippen molar-refractivity contribution in [3.63, 3.8) is 0 Å². The van der Waals surface area contributed by atoms with Gasteiger partial charge in [-0.25, -0.2) is 0 Å². The normalized spacial score (nSPS) is 23.1. The molecule has 43 heavy (non-hydrogen) atoms. The van der Waals surface area contributed by atoms with Gasteiger partial charge in [-0.1, -0.05) is 72.8 Å². The molecule has 0 unspecified atom stereocenters. The van der Waals surface area contributed by atoms with Crippen molar-refractivity contribution < 1.29 is 23.5 Å². The Hall–Kier alpha value is -5.43. The van der Waals surface area contributed by atoms with E-state index in [1.165, 1.54) is 7.11 Å². The number of nitrogens with one attached hydrogen (secondary N) is 1. The summed E-state index contributed by atoms with van der Waals surface area (Å²) in [7, 11) is 1.51. The number of ether oxygens (including phenoxy) is 1. The van der Waals surface area contributed by atoms with Crippen LogP contribution in [0.2, 0.25) is 0 Å². The summed E-state index contributed by atoms with van der Waals surface area (Å²) >= 11 is 0. The Morgan fingerprint density at radius 3 is 2.49 bits per heavy atom. The highest BCUT2D eigenvalue weighted by Gasteiger charge is 2.71. The number of hydrogen-bond donors (Lipinski definition) is 1. The molecule has 4 aromatic carbocycles. The number of amides is 1. The van der Waals surface area contributed by atoms with Gasteiger partial charge in [-0.05, 0) is 53.1 Å². The van der Waals surface area contributed by atoms with E-state index in [0.29, 0.717) is 28.1 Å². The zero-order valence-electron chi connectivity index (χ0n) is 23.2. The summed E-state index contributed by atoms with van der Waals surface area (Å²) in [5.41, 5.74) is 2.58. The summed E-state index contributed by atoms with van der Waals surface area (Å²) in [4.78, 5) is 46.3. The highest BCUT2D eigenvalue weighted by molar-refractivity contribution is 6.17. The van der Waals surface area contributed by atoms with Crippen LogP contribution in [-0.4, -0.2) is 35.5 Å². The molecule has 5 aromatic rings. The molecule has 1 spiro atoms. The molecule has 7 heteroatoms. The maximum absolute atomic E-state index is 15.0. The third kappa shape index (κ3) is 3.39. The van der Waals surface area contributed by atoms with Crippen molar-refractivity contribution in [3.05, 3.63) is 137 Å². The van der Waals surface area contributed by atoms with Gasteiger partial charge in [0.15, 0.2) is 11.5 Å². The zero-order chi connectivity index (χ0) is 29.3. The SMILES string of the molecule is COc1ccccc1C(=O)[C@H]1[C@H](C(=O)c2cc3ccccc3o2)[C@]2(C(=O)Nc3ccccc32)[C@H]2c3ccccc3C=CN12. The van der Waals surface area contributed by atoms with Crippen LogP contribution in [0.5, 0.6) is 5.75 Å². The van der Waals surface area contributed by atoms with Gasteiger partial charge in [0.05, 0.1) is 24.6 Å². The molecule has 8 rings (SSSR count). The topological polar surface area (TPSA) is 88.9 Å². The molecule has 1 aromatic heterocycles. The molecular weight excluding hydrogens is 540 g/mol. The lowest BCUT2D eigenvalue weighted by molar-refractivity contribution is -0.122. The Kier molecular flexibility index (Phi) is 5.46. The Morgan fingerprint density at radius 2 is 1.63 bits per heavy atom. The molecule has 3 aliphatic rings. The Bertz CT molecular complexity index is 1970. The highest BCUT2D eigenvalue weighted by atomic mass is 16.5. The van der Waals surface area contributed by atoms with Crippen LogP contribution in [0.15, 0.2) is 114 Å². The highest BCUT2D eigenvalue weighted by Crippen LogP contribution is 2.62. The summed E-state index contributed by atoms with van der Waals surface area (Å²) in [5, 5.41) is 3.84. The van der Waals surface area contributed by atoms with E-state index < -0.39 is 29.2 Å². The summed E-state index contributed by atoms with van der Waals surface area (Å²) in [5.74, 6) is -1.66. The van der Waals surface area contributed by atoms with Gasteiger partial charge < -0.3 is 19.4 Å². The first kappa shape index (κ1) is 25.3. The Morgan fingerprint density at radius 1 is 0.884 bits per heavy atom. The van der Waals surface area contributed by atoms with Gasteiger partial charge in [0.2, 0.25) is 11.7 Å². The van der Waals surface area contributed by atoms with Crippen LogP contribution < -0.4 is 10.1 Å². The number of furan rings is 1. The van der Waals surface area contributed by atoms with Gasteiger partial charge in [-0.3, -0.25) is 14.4 Å². The second-order valence-corrected chi connectivity index (χ2v) is 11.2. The van der Waals surface area contributed by atoms with Crippen LogP contribution in [0.1, 0.15) is 43.6 Å². The summed E-state index contributed by atoms with van der Waals surface area (Å²) in [6.07, 6.45) is 3.79. The molecule has 4 heterocycles. The molecule has 0 bridgehead atoms. The fraction of sp³-hybridized carbons (Fsp3) is 0.139. The van der Waals surface area contributed by atoms with E-state index in [2.05, 4.69) is 5.32 Å². The van der Waals surface area contributed by atoms with Gasteiger partial charge in [0.1, 0.15) is 22.8 Å². The number of benzene rings is 4. The number of ketones is 2. The standard InChI is InChI=1S/C36H26N2O5/c1-42-28-17-9-5-13-24(28)32(39)31-30(33(40)29-20-22-11-3-8-16-27(22)43-29)36(25-14-6-7-15-26(25)37-35(36)41)34-23-12-4-2-10-21(23)18-19-38(31)34/h2-20,30-31,34H,1H3,(H,37,41)/t30-,31-,34-,36+/m1/s1. The van der Waals surface area contributed by atoms with Crippen molar-refractivity contribution in [2.45, 2.75) is 17.5 Å². The summed E-state index contributed by atoms with van der Waals surface area (Å²) < 4.78 is 11.7. The quantitative estimate of drug-likeness (QED) is 0.247. The largest absolute Gasteiger partial charge is 0.496 e. The zero-order valence-corrected chi connectivity index (χ0v) is 23.2. The third-order valence-corrected chi connectivity index (χ3v) is 9.16. The van der Waals surface area contributed by atoms with Gasteiger partial charge in [0, 0.05) is 17.3 Å². The fourth-order valence-corrected chi connectivity index (χ4v) is 7.43. The third-order valence-electron chi connectivity index (χ3n) is 9.16. The van der Waals surface area contributed by atoms with Crippen molar-refractivity contribution in [3.8, 4) is 5.75 Å². The van der Waals surface area contributed by atoms with Crippen LogP contribution in [0, 0.1) is 5.92 Å². The number of hydrogen-bond acceptors (Lipinski definition) is 6. The first-order chi connectivity index (χ1) is 21.0. The van der Waals surface area contributed by atoms with E-state index >= 15 is 0 Å². The number of Topliss-reactive ketones (excluding diaryl/α,β-unsaturated/α-hetero) is 2. The number of carbonyl (C=O) groups excluding carboxylic acids is 3. The van der Waals surface area contributed by atoms with Crippen LogP contribution >= 0.6 is 0 Å². The molecule has 1 fully saturated rings. The van der Waals surface area contributed by atoms with Gasteiger partial charge >= 0.3 is 0 Å². The number of para-hydroxylation sites is 3. The monoisotopic (exact) mass is 566 g/mol. The number of methoxy groups -OCH3 is 1. The van der Waals surface area contributed by atoms with Crippen molar-refractivity contribution in [2.75, 3.05) is 12.4 Å². The predicted octanol–water partition coefficient (Wildman–Crippen LogP) is 6.42. The molecule has 0 aliphatic carbocycles. The van der Waals surface area contributed by atoms with Crippen molar-refractivity contribution in [1.82, 2.24) is 4.90 Å². The molecular formula is C36H26N2O5. The molecule has 7 nitrogen and oxygen atoms in total. The minimum atomic E-state index is -1.43. The lowest BCUT2D eigenvalue weighted by Gasteiger charge is -2.38. The molecule has 1 amide bonds. The van der Waals surface area contributed by atoms with E-state index in [1.54, 1.807) is 36.4 Å². The molecule has 4 atom stereocenters. The second-order valence-electron chi connectivity index (χ2n) is 11.2. The van der Waals surface area contributed by atoms with Crippen LogP contribution in [0.3, 0.4) is 0 Å². The van der Waals surface area contributed by atoms with Crippen molar-refractivity contribution in [1.29, 1.82) is 0 Å². The smallest absolute Gasteiger partial charge is 0.238 e. The number of rotatable bonds is 5. The van der Waals surface area contributed by atoms with E-state index in [-0.39, 0.29) is 17.5 Å². The number of carbonyl (C=O) groups is 3. The van der Waals surface area contributed by atoms with E-state index in [9.17, 15) is 14.4 Å². The minimum absolute atomic E-state index is 0.109. The minimum Gasteiger partial charge on any atom is -0.496 e. The predicted molar refractivity (Wildman–Crippen MR) is 162 cm³/mol. The van der Waals surface area contributed by atoms with Crippen LogP contribution in [0.25, 0.3) is 17.0 Å². The molecule has 0 saturated carbocycles. The summed E-state index contributed by atoms with van der Waals surface area (Å²) in [6, 6.07) is 29.7. The average Bonchev–Trinajstić information content (AvgIpc) is 3.71. The van der Waals surface area contributed by atoms with Gasteiger partial charge in [-0.2, -0.15) is 0 Å². The maximum atomic E-state index is 15.0. The molecule has 3 aliphatic heterocycles. The van der Waals surface area contributed by atoms with Gasteiger partial charge in [-0.15, -0.1) is 0 Å². The molecule has 0 radical (unpaired) electrons. The van der Waals surface area contributed by atoms with E-state index in [4.69, 9.17) is 9.15 Å². The Balaban J connectivity index is 1.44. The van der Waals surface area contributed by atoms with Crippen LogP contribution in [-0.2, 0) is 10.2 Å². The number of anilines is 1. The van der Waals surface area contributed by atoms with E-state index in [1.807, 2.05) is 83.9 Å². The van der Waals surface area contributed by atoms with Gasteiger partial charge in [0.25, 0.3) is 0 Å². The molecule has 1 saturated heterocycles. The number of fused-ring (bicyclic) bond motifs is 7. The first-order valence-corrected chi connectivity index (χ1v) is 14.2. The summed E-state index contributed by atoms with van der Waals surface area (Å²) in [6.45, 7) is 0. The lowest BCUT2D eigenvalue weighted by atomic mass is 9.63. The molecule has 210 valence electrons. The second kappa shape index (κ2) is 9.29. The Labute approximate surface area is 247 Å². The average molecular weight is 567 g/mol. The first-order valence-electron chi connectivity index (χ1n) is 14.2. The fourth-order valence-electron chi connectivity index (χ4n) is 7.43. The van der Waals surface area contributed by atoms with Crippen molar-refractivity contribution in [2.24, 2.45) is 5.92 Å². The van der Waals surface area contributed by atoms with Crippen molar-refractivity contribution >= 4 is 40.2 Å². The lowest BCUT2D eigenvalue weighted by Crippen LogP contribution is -2.49. The van der Waals surface area contributed by atoms with Crippen LogP contribution in [0.4, 0.5) is 5.69 Å². The maximum Gasteiger partial charge on any atom is 0.238 e.